The van der Waals surface area contributed by atoms with E-state index in [2.05, 4.69) is 20.1 Å². The van der Waals surface area contributed by atoms with Crippen molar-refractivity contribution in [1.29, 1.82) is 0 Å². The standard InChI is InChI=1S/C19H25ClN4OS/c1-3-12-21-18(25)13(2)26-19-23-22-17(15-10-6-7-11-16(15)20)24(19)14-8-4-5-9-14/h6-7,10-11,13-14H,3-5,8-9,12H2,1-2H3,(H,21,25). The van der Waals surface area contributed by atoms with Crippen LogP contribution in [0.2, 0.25) is 5.02 Å². The van der Waals surface area contributed by atoms with Crippen molar-refractivity contribution in [3.63, 3.8) is 0 Å². The number of carbonyl (C=O) groups is 1. The van der Waals surface area contributed by atoms with E-state index in [0.29, 0.717) is 17.6 Å². The summed E-state index contributed by atoms with van der Waals surface area (Å²) in [7, 11) is 0. The highest BCUT2D eigenvalue weighted by molar-refractivity contribution is 8.00. The van der Waals surface area contributed by atoms with Gasteiger partial charge < -0.3 is 5.32 Å². The average molecular weight is 393 g/mol. The summed E-state index contributed by atoms with van der Waals surface area (Å²) in [6.45, 7) is 4.66. The summed E-state index contributed by atoms with van der Waals surface area (Å²) in [5.41, 5.74) is 0.892. The van der Waals surface area contributed by atoms with Gasteiger partial charge in [-0.15, -0.1) is 10.2 Å². The van der Waals surface area contributed by atoms with Gasteiger partial charge in [-0.3, -0.25) is 9.36 Å². The Morgan fingerprint density at radius 2 is 2.08 bits per heavy atom. The number of aromatic nitrogens is 3. The normalized spacial score (nSPS) is 16.0. The number of rotatable bonds is 7. The van der Waals surface area contributed by atoms with Gasteiger partial charge in [0.05, 0.1) is 10.3 Å². The molecule has 0 saturated heterocycles. The molecule has 2 aromatic rings. The molecule has 1 unspecified atom stereocenters. The second kappa shape index (κ2) is 8.91. The van der Waals surface area contributed by atoms with E-state index in [1.165, 1.54) is 24.6 Å². The predicted octanol–water partition coefficient (Wildman–Crippen LogP) is 4.72. The van der Waals surface area contributed by atoms with Gasteiger partial charge in [0.15, 0.2) is 11.0 Å². The Morgan fingerprint density at radius 3 is 2.77 bits per heavy atom. The number of benzene rings is 1. The first-order valence-electron chi connectivity index (χ1n) is 9.26. The topological polar surface area (TPSA) is 59.8 Å². The van der Waals surface area contributed by atoms with Crippen molar-refractivity contribution in [2.24, 2.45) is 0 Å². The lowest BCUT2D eigenvalue weighted by Crippen LogP contribution is -2.31. The van der Waals surface area contributed by atoms with Crippen LogP contribution in [0.15, 0.2) is 29.4 Å². The molecule has 3 rings (SSSR count). The average Bonchev–Trinajstić information content (AvgIpc) is 3.29. The number of hydrogen-bond donors (Lipinski definition) is 1. The van der Waals surface area contributed by atoms with Gasteiger partial charge in [-0.1, -0.05) is 55.3 Å². The Labute approximate surface area is 163 Å². The Bertz CT molecular complexity index is 758. The zero-order valence-corrected chi connectivity index (χ0v) is 16.8. The van der Waals surface area contributed by atoms with E-state index in [1.807, 2.05) is 38.1 Å². The summed E-state index contributed by atoms with van der Waals surface area (Å²) >= 11 is 7.88. The van der Waals surface area contributed by atoms with Crippen LogP contribution in [-0.4, -0.2) is 32.5 Å². The van der Waals surface area contributed by atoms with Crippen LogP contribution in [-0.2, 0) is 4.79 Å². The molecule has 0 spiro atoms. The van der Waals surface area contributed by atoms with E-state index in [0.717, 1.165) is 35.8 Å². The maximum absolute atomic E-state index is 12.3. The number of carbonyl (C=O) groups excluding carboxylic acids is 1. The van der Waals surface area contributed by atoms with E-state index in [1.54, 1.807) is 0 Å². The van der Waals surface area contributed by atoms with E-state index >= 15 is 0 Å². The third-order valence-electron chi connectivity index (χ3n) is 4.67. The molecule has 140 valence electrons. The van der Waals surface area contributed by atoms with Crippen LogP contribution in [0.3, 0.4) is 0 Å². The molecule has 1 aromatic carbocycles. The summed E-state index contributed by atoms with van der Waals surface area (Å²) < 4.78 is 2.20. The Morgan fingerprint density at radius 1 is 1.35 bits per heavy atom. The Hall–Kier alpha value is -1.53. The molecule has 1 aliphatic rings. The van der Waals surface area contributed by atoms with Gasteiger partial charge in [-0.05, 0) is 38.3 Å². The minimum Gasteiger partial charge on any atom is -0.355 e. The molecule has 1 aromatic heterocycles. The molecule has 7 heteroatoms. The van der Waals surface area contributed by atoms with Crippen molar-refractivity contribution in [2.75, 3.05) is 6.54 Å². The molecule has 1 atom stereocenters. The molecule has 1 N–H and O–H groups in total. The second-order valence-electron chi connectivity index (χ2n) is 6.65. The van der Waals surface area contributed by atoms with Crippen LogP contribution in [0.1, 0.15) is 52.0 Å². The Kier molecular flexibility index (Phi) is 6.59. The van der Waals surface area contributed by atoms with Crippen LogP contribution < -0.4 is 5.32 Å². The predicted molar refractivity (Wildman–Crippen MR) is 107 cm³/mol. The molecular weight excluding hydrogens is 368 g/mol. The lowest BCUT2D eigenvalue weighted by molar-refractivity contribution is -0.120. The summed E-state index contributed by atoms with van der Waals surface area (Å²) in [4.78, 5) is 12.3. The number of nitrogens with one attached hydrogen (secondary N) is 1. The highest BCUT2D eigenvalue weighted by Gasteiger charge is 2.27. The van der Waals surface area contributed by atoms with E-state index in [4.69, 9.17) is 11.6 Å². The van der Waals surface area contributed by atoms with Gasteiger partial charge >= 0.3 is 0 Å². The first-order valence-corrected chi connectivity index (χ1v) is 10.5. The summed E-state index contributed by atoms with van der Waals surface area (Å²) in [6.07, 6.45) is 5.57. The lowest BCUT2D eigenvalue weighted by Gasteiger charge is -2.18. The molecule has 1 saturated carbocycles. The van der Waals surface area contributed by atoms with Crippen LogP contribution >= 0.6 is 23.4 Å². The first kappa shape index (κ1) is 19.2. The fourth-order valence-electron chi connectivity index (χ4n) is 3.28. The molecule has 0 bridgehead atoms. The smallest absolute Gasteiger partial charge is 0.233 e. The highest BCUT2D eigenvalue weighted by atomic mass is 35.5. The molecule has 5 nitrogen and oxygen atoms in total. The zero-order valence-electron chi connectivity index (χ0n) is 15.2. The highest BCUT2D eigenvalue weighted by Crippen LogP contribution is 2.38. The van der Waals surface area contributed by atoms with Gasteiger partial charge in [0.2, 0.25) is 5.91 Å². The maximum Gasteiger partial charge on any atom is 0.233 e. The molecule has 0 aliphatic heterocycles. The molecule has 1 fully saturated rings. The quantitative estimate of drug-likeness (QED) is 0.692. The van der Waals surface area contributed by atoms with Crippen molar-refractivity contribution < 1.29 is 4.79 Å². The van der Waals surface area contributed by atoms with Crippen molar-refractivity contribution >= 4 is 29.3 Å². The molecule has 26 heavy (non-hydrogen) atoms. The SMILES string of the molecule is CCCNC(=O)C(C)Sc1nnc(-c2ccccc2Cl)n1C1CCCC1. The largest absolute Gasteiger partial charge is 0.355 e. The van der Waals surface area contributed by atoms with Gasteiger partial charge in [0, 0.05) is 18.2 Å². The molecule has 0 radical (unpaired) electrons. The molecule has 1 amide bonds. The van der Waals surface area contributed by atoms with Crippen molar-refractivity contribution in [1.82, 2.24) is 20.1 Å². The minimum atomic E-state index is -0.218. The van der Waals surface area contributed by atoms with E-state index < -0.39 is 0 Å². The first-order chi connectivity index (χ1) is 12.6. The fourth-order valence-corrected chi connectivity index (χ4v) is 4.44. The van der Waals surface area contributed by atoms with Crippen molar-refractivity contribution in [3.8, 4) is 11.4 Å². The maximum atomic E-state index is 12.3. The molecular formula is C19H25ClN4OS. The van der Waals surface area contributed by atoms with Gasteiger partial charge in [-0.2, -0.15) is 0 Å². The van der Waals surface area contributed by atoms with Crippen LogP contribution in [0, 0.1) is 0 Å². The third-order valence-corrected chi connectivity index (χ3v) is 6.06. The summed E-state index contributed by atoms with van der Waals surface area (Å²) in [5.74, 6) is 0.836. The van der Waals surface area contributed by atoms with Gasteiger partial charge in [0.1, 0.15) is 0 Å². The van der Waals surface area contributed by atoms with E-state index in [-0.39, 0.29) is 11.2 Å². The van der Waals surface area contributed by atoms with E-state index in [9.17, 15) is 4.79 Å². The number of thioether (sulfide) groups is 1. The lowest BCUT2D eigenvalue weighted by atomic mass is 10.2. The number of halogens is 1. The summed E-state index contributed by atoms with van der Waals surface area (Å²) in [5, 5.41) is 13.1. The van der Waals surface area contributed by atoms with Crippen LogP contribution in [0.25, 0.3) is 11.4 Å². The molecule has 1 heterocycles. The number of amides is 1. The monoisotopic (exact) mass is 392 g/mol. The van der Waals surface area contributed by atoms with Gasteiger partial charge in [-0.25, -0.2) is 0 Å². The number of hydrogen-bond acceptors (Lipinski definition) is 4. The van der Waals surface area contributed by atoms with Crippen LogP contribution in [0.4, 0.5) is 0 Å². The minimum absolute atomic E-state index is 0.0390. The molecule has 1 aliphatic carbocycles. The third kappa shape index (κ3) is 4.23. The Balaban J connectivity index is 1.91. The van der Waals surface area contributed by atoms with Crippen molar-refractivity contribution in [3.05, 3.63) is 29.3 Å². The number of nitrogens with zero attached hydrogens (tertiary/aromatic N) is 3. The van der Waals surface area contributed by atoms with Crippen LogP contribution in [0.5, 0.6) is 0 Å². The van der Waals surface area contributed by atoms with Crippen molar-refractivity contribution in [2.45, 2.75) is 62.4 Å². The zero-order chi connectivity index (χ0) is 18.5. The second-order valence-corrected chi connectivity index (χ2v) is 8.36. The fraction of sp³-hybridized carbons (Fsp3) is 0.526. The van der Waals surface area contributed by atoms with Gasteiger partial charge in [0.25, 0.3) is 0 Å². The summed E-state index contributed by atoms with van der Waals surface area (Å²) in [6, 6.07) is 8.09.